The second-order valence-corrected chi connectivity index (χ2v) is 7.44. The molecule has 0 aliphatic carbocycles. The highest BCUT2D eigenvalue weighted by molar-refractivity contribution is 6.35. The van der Waals surface area contributed by atoms with Crippen LogP contribution in [0.5, 0.6) is 0 Å². The number of carbonyl (C=O) groups is 3. The zero-order valence-corrected chi connectivity index (χ0v) is 16.5. The second kappa shape index (κ2) is 8.34. The third kappa shape index (κ3) is 4.04. The first-order valence-corrected chi connectivity index (χ1v) is 9.97. The monoisotopic (exact) mass is 399 g/mol. The molecular weight excluding hydrogens is 374 g/mol. The summed E-state index contributed by atoms with van der Waals surface area (Å²) in [4.78, 5) is 41.1. The molecule has 0 aromatic heterocycles. The number of benzene rings is 1. The Kier molecular flexibility index (Phi) is 5.64. The first-order chi connectivity index (χ1) is 14.0. The molecule has 1 aromatic rings. The molecule has 4 rings (SSSR count). The van der Waals surface area contributed by atoms with Crippen molar-refractivity contribution >= 4 is 29.0 Å². The molecule has 2 fully saturated rings. The highest BCUT2D eigenvalue weighted by atomic mass is 16.5. The first-order valence-electron chi connectivity index (χ1n) is 9.97. The summed E-state index contributed by atoms with van der Waals surface area (Å²) in [5.41, 5.74) is 2.14. The van der Waals surface area contributed by atoms with E-state index >= 15 is 0 Å². The van der Waals surface area contributed by atoms with E-state index in [0.717, 1.165) is 12.8 Å². The molecule has 3 heterocycles. The third-order valence-electron chi connectivity index (χ3n) is 5.38. The van der Waals surface area contributed by atoms with Gasteiger partial charge >= 0.3 is 0 Å². The van der Waals surface area contributed by atoms with Gasteiger partial charge in [0.05, 0.1) is 31.4 Å². The van der Waals surface area contributed by atoms with Gasteiger partial charge in [-0.15, -0.1) is 0 Å². The predicted molar refractivity (Wildman–Crippen MR) is 106 cm³/mol. The number of hydrogen-bond acceptors (Lipinski definition) is 6. The SMILES string of the molecule is CC(=O)Nc1ccc(C2=C(N3CCOCC3)C(=O)N(CC3CCCO3)C2=O)cc1. The third-order valence-corrected chi connectivity index (χ3v) is 5.38. The summed E-state index contributed by atoms with van der Waals surface area (Å²) in [6, 6.07) is 7.01. The van der Waals surface area contributed by atoms with Gasteiger partial charge in [0.1, 0.15) is 5.70 Å². The first kappa shape index (κ1) is 19.6. The number of nitrogens with one attached hydrogen (secondary N) is 1. The molecule has 0 radical (unpaired) electrons. The maximum Gasteiger partial charge on any atom is 0.277 e. The fraction of sp³-hybridized carbons (Fsp3) is 0.476. The van der Waals surface area contributed by atoms with Gasteiger partial charge in [0.25, 0.3) is 11.8 Å². The molecule has 1 aromatic carbocycles. The van der Waals surface area contributed by atoms with Gasteiger partial charge < -0.3 is 19.7 Å². The van der Waals surface area contributed by atoms with Gasteiger partial charge in [-0.3, -0.25) is 19.3 Å². The largest absolute Gasteiger partial charge is 0.378 e. The summed E-state index contributed by atoms with van der Waals surface area (Å²) in [6.45, 7) is 4.55. The van der Waals surface area contributed by atoms with E-state index in [-0.39, 0.29) is 30.4 Å². The van der Waals surface area contributed by atoms with E-state index in [1.54, 1.807) is 24.3 Å². The molecule has 3 aliphatic rings. The number of nitrogens with zero attached hydrogens (tertiary/aromatic N) is 2. The minimum Gasteiger partial charge on any atom is -0.378 e. The van der Waals surface area contributed by atoms with Crippen molar-refractivity contribution in [3.63, 3.8) is 0 Å². The van der Waals surface area contributed by atoms with Crippen molar-refractivity contribution in [3.05, 3.63) is 35.5 Å². The van der Waals surface area contributed by atoms with Crippen LogP contribution >= 0.6 is 0 Å². The summed E-state index contributed by atoms with van der Waals surface area (Å²) in [7, 11) is 0. The summed E-state index contributed by atoms with van der Waals surface area (Å²) in [6.07, 6.45) is 1.70. The van der Waals surface area contributed by atoms with Crippen LogP contribution in [0.1, 0.15) is 25.3 Å². The molecule has 1 atom stereocenters. The smallest absolute Gasteiger partial charge is 0.277 e. The highest BCUT2D eigenvalue weighted by Crippen LogP contribution is 2.33. The van der Waals surface area contributed by atoms with Crippen molar-refractivity contribution in [2.75, 3.05) is 44.8 Å². The lowest BCUT2D eigenvalue weighted by atomic mass is 10.0. The zero-order chi connectivity index (χ0) is 20.4. The number of carbonyl (C=O) groups excluding carboxylic acids is 3. The van der Waals surface area contributed by atoms with Gasteiger partial charge in [-0.1, -0.05) is 12.1 Å². The Balaban J connectivity index is 1.66. The number of ether oxygens (including phenoxy) is 2. The van der Waals surface area contributed by atoms with Crippen molar-refractivity contribution in [1.29, 1.82) is 0 Å². The Morgan fingerprint density at radius 3 is 2.45 bits per heavy atom. The van der Waals surface area contributed by atoms with E-state index in [0.29, 0.717) is 55.4 Å². The fourth-order valence-electron chi connectivity index (χ4n) is 3.99. The average molecular weight is 399 g/mol. The highest BCUT2D eigenvalue weighted by Gasteiger charge is 2.43. The van der Waals surface area contributed by atoms with Crippen LogP contribution < -0.4 is 5.32 Å². The Morgan fingerprint density at radius 1 is 1.10 bits per heavy atom. The maximum atomic E-state index is 13.3. The lowest BCUT2D eigenvalue weighted by molar-refractivity contribution is -0.139. The summed E-state index contributed by atoms with van der Waals surface area (Å²) >= 11 is 0. The zero-order valence-electron chi connectivity index (χ0n) is 16.5. The molecule has 2 saturated heterocycles. The van der Waals surface area contributed by atoms with Crippen LogP contribution in [0.3, 0.4) is 0 Å². The standard InChI is InChI=1S/C21H25N3O5/c1-14(25)22-16-6-4-15(5-7-16)18-19(23-8-11-28-12-9-23)21(27)24(20(18)26)13-17-3-2-10-29-17/h4-7,17H,2-3,8-13H2,1H3,(H,22,25). The van der Waals surface area contributed by atoms with Crippen molar-refractivity contribution in [3.8, 4) is 0 Å². The lowest BCUT2D eigenvalue weighted by Gasteiger charge is -2.30. The van der Waals surface area contributed by atoms with Gasteiger partial charge in [-0.05, 0) is 30.5 Å². The quantitative estimate of drug-likeness (QED) is 0.750. The van der Waals surface area contributed by atoms with Crippen LogP contribution in [0.4, 0.5) is 5.69 Å². The Hall–Kier alpha value is -2.71. The van der Waals surface area contributed by atoms with Crippen molar-refractivity contribution < 1.29 is 23.9 Å². The normalized spacial score (nSPS) is 22.6. The van der Waals surface area contributed by atoms with Crippen LogP contribution in [0.25, 0.3) is 5.57 Å². The predicted octanol–water partition coefficient (Wildman–Crippen LogP) is 1.24. The maximum absolute atomic E-state index is 13.3. The number of amides is 3. The number of hydrogen-bond donors (Lipinski definition) is 1. The van der Waals surface area contributed by atoms with Crippen LogP contribution in [0.15, 0.2) is 30.0 Å². The van der Waals surface area contributed by atoms with Crippen molar-refractivity contribution in [2.24, 2.45) is 0 Å². The van der Waals surface area contributed by atoms with Crippen molar-refractivity contribution in [2.45, 2.75) is 25.9 Å². The minimum atomic E-state index is -0.292. The van der Waals surface area contributed by atoms with Gasteiger partial charge in [0.2, 0.25) is 5.91 Å². The summed E-state index contributed by atoms with van der Waals surface area (Å²) in [5, 5.41) is 2.71. The van der Waals surface area contributed by atoms with Gasteiger partial charge in [0, 0.05) is 32.3 Å². The van der Waals surface area contributed by atoms with Gasteiger partial charge in [-0.2, -0.15) is 0 Å². The average Bonchev–Trinajstić information content (AvgIpc) is 3.31. The Morgan fingerprint density at radius 2 is 1.83 bits per heavy atom. The number of imide groups is 1. The minimum absolute atomic E-state index is 0.102. The van der Waals surface area contributed by atoms with Crippen LogP contribution in [0, 0.1) is 0 Å². The molecule has 0 saturated carbocycles. The van der Waals surface area contributed by atoms with E-state index in [4.69, 9.17) is 9.47 Å². The van der Waals surface area contributed by atoms with Gasteiger partial charge in [0.15, 0.2) is 0 Å². The van der Waals surface area contributed by atoms with Gasteiger partial charge in [-0.25, -0.2) is 0 Å². The van der Waals surface area contributed by atoms with Crippen LogP contribution in [-0.4, -0.2) is 73.1 Å². The molecule has 154 valence electrons. The molecule has 29 heavy (non-hydrogen) atoms. The Bertz CT molecular complexity index is 836. The number of anilines is 1. The topological polar surface area (TPSA) is 88.2 Å². The number of morpholine rings is 1. The van der Waals surface area contributed by atoms with E-state index in [9.17, 15) is 14.4 Å². The molecule has 0 spiro atoms. The molecule has 1 unspecified atom stereocenters. The van der Waals surface area contributed by atoms with Crippen molar-refractivity contribution in [1.82, 2.24) is 9.80 Å². The lowest BCUT2D eigenvalue weighted by Crippen LogP contribution is -2.42. The van der Waals surface area contributed by atoms with E-state index in [2.05, 4.69) is 5.32 Å². The molecular formula is C21H25N3O5. The number of rotatable bonds is 5. The summed E-state index contributed by atoms with van der Waals surface area (Å²) < 4.78 is 11.1. The molecule has 8 heteroatoms. The fourth-order valence-corrected chi connectivity index (χ4v) is 3.99. The van der Waals surface area contributed by atoms with E-state index < -0.39 is 0 Å². The second-order valence-electron chi connectivity index (χ2n) is 7.44. The molecule has 3 amide bonds. The van der Waals surface area contributed by atoms with Crippen LogP contribution in [0.2, 0.25) is 0 Å². The molecule has 3 aliphatic heterocycles. The Labute approximate surface area is 169 Å². The molecule has 0 bridgehead atoms. The van der Waals surface area contributed by atoms with E-state index in [1.807, 2.05) is 4.90 Å². The molecule has 8 nitrogen and oxygen atoms in total. The summed E-state index contributed by atoms with van der Waals surface area (Å²) in [5.74, 6) is -0.728. The molecule has 1 N–H and O–H groups in total. The van der Waals surface area contributed by atoms with E-state index in [1.165, 1.54) is 11.8 Å². The van der Waals surface area contributed by atoms with Crippen LogP contribution in [-0.2, 0) is 23.9 Å².